The molecule has 5 heteroatoms. The van der Waals surface area contributed by atoms with Crippen LogP contribution >= 0.6 is 0 Å². The molecule has 0 spiro atoms. The van der Waals surface area contributed by atoms with Crippen LogP contribution in [0.2, 0.25) is 0 Å². The molecule has 0 aliphatic carbocycles. The summed E-state index contributed by atoms with van der Waals surface area (Å²) in [7, 11) is 0. The number of amides is 1. The molecule has 2 N–H and O–H groups in total. The summed E-state index contributed by atoms with van der Waals surface area (Å²) in [6.07, 6.45) is 0. The average Bonchev–Trinajstić information content (AvgIpc) is 2.71. The number of hydrogen-bond acceptors (Lipinski definition) is 2. The number of aromatic nitrogens is 1. The van der Waals surface area contributed by atoms with Gasteiger partial charge in [-0.2, -0.15) is 5.26 Å². The van der Waals surface area contributed by atoms with Crippen molar-refractivity contribution in [2.24, 2.45) is 0 Å². The van der Waals surface area contributed by atoms with Crippen LogP contribution in [0.3, 0.4) is 0 Å². The van der Waals surface area contributed by atoms with Gasteiger partial charge in [0.2, 0.25) is 0 Å². The number of fused-ring (bicyclic) bond motifs is 1. The quantitative estimate of drug-likeness (QED) is 0.749. The van der Waals surface area contributed by atoms with Crippen molar-refractivity contribution in [3.8, 4) is 6.07 Å². The lowest BCUT2D eigenvalue weighted by Crippen LogP contribution is -2.23. The minimum absolute atomic E-state index is 0.0727. The van der Waals surface area contributed by atoms with Crippen LogP contribution in [0.1, 0.15) is 10.5 Å². The van der Waals surface area contributed by atoms with Gasteiger partial charge < -0.3 is 10.3 Å². The maximum atomic E-state index is 13.3. The van der Waals surface area contributed by atoms with Crippen molar-refractivity contribution in [1.82, 2.24) is 10.3 Å². The first-order valence-electron chi connectivity index (χ1n) is 4.65. The van der Waals surface area contributed by atoms with Crippen LogP contribution in [0.5, 0.6) is 0 Å². The van der Waals surface area contributed by atoms with Crippen LogP contribution in [0.4, 0.5) is 4.39 Å². The van der Waals surface area contributed by atoms with Crippen molar-refractivity contribution in [3.05, 3.63) is 35.8 Å². The fraction of sp³-hybridized carbons (Fsp3) is 0.0909. The number of nitrogens with zero attached hydrogens (tertiary/aromatic N) is 1. The molecular weight excluding hydrogens is 209 g/mol. The van der Waals surface area contributed by atoms with Crippen molar-refractivity contribution < 1.29 is 9.18 Å². The number of hydrogen-bond donors (Lipinski definition) is 2. The smallest absolute Gasteiger partial charge is 0.268 e. The summed E-state index contributed by atoms with van der Waals surface area (Å²) in [6.45, 7) is -0.0727. The molecule has 0 atom stereocenters. The largest absolute Gasteiger partial charge is 0.350 e. The van der Waals surface area contributed by atoms with Gasteiger partial charge >= 0.3 is 0 Å². The Morgan fingerprint density at radius 2 is 2.38 bits per heavy atom. The molecule has 4 nitrogen and oxygen atoms in total. The highest BCUT2D eigenvalue weighted by atomic mass is 19.1. The molecule has 0 unspecified atom stereocenters. The van der Waals surface area contributed by atoms with Gasteiger partial charge in [-0.15, -0.1) is 0 Å². The molecule has 0 bridgehead atoms. The van der Waals surface area contributed by atoms with Crippen LogP contribution in [0, 0.1) is 17.1 Å². The third-order valence-corrected chi connectivity index (χ3v) is 2.18. The fourth-order valence-corrected chi connectivity index (χ4v) is 1.46. The van der Waals surface area contributed by atoms with E-state index in [-0.39, 0.29) is 18.1 Å². The van der Waals surface area contributed by atoms with Gasteiger partial charge in [0.25, 0.3) is 5.91 Å². The molecule has 0 fully saturated rings. The maximum Gasteiger partial charge on any atom is 0.268 e. The molecule has 0 saturated carbocycles. The number of carbonyl (C=O) groups excluding carboxylic acids is 1. The molecule has 1 heterocycles. The van der Waals surface area contributed by atoms with E-state index in [1.165, 1.54) is 12.1 Å². The Morgan fingerprint density at radius 3 is 3.06 bits per heavy atom. The predicted octanol–water partition coefficient (Wildman–Crippen LogP) is 1.56. The molecule has 0 aliphatic rings. The zero-order chi connectivity index (χ0) is 11.5. The number of halogens is 1. The van der Waals surface area contributed by atoms with Crippen LogP contribution in [-0.2, 0) is 0 Å². The van der Waals surface area contributed by atoms with E-state index in [9.17, 15) is 9.18 Å². The highest BCUT2D eigenvalue weighted by Crippen LogP contribution is 2.18. The van der Waals surface area contributed by atoms with Gasteiger partial charge in [-0.05, 0) is 18.2 Å². The van der Waals surface area contributed by atoms with Crippen LogP contribution in [0.25, 0.3) is 10.9 Å². The highest BCUT2D eigenvalue weighted by Gasteiger charge is 2.10. The molecule has 2 aromatic rings. The number of rotatable bonds is 2. The lowest BCUT2D eigenvalue weighted by Gasteiger charge is -1.95. The van der Waals surface area contributed by atoms with E-state index >= 15 is 0 Å². The van der Waals surface area contributed by atoms with E-state index in [0.717, 1.165) is 0 Å². The van der Waals surface area contributed by atoms with E-state index < -0.39 is 5.91 Å². The lowest BCUT2D eigenvalue weighted by molar-refractivity contribution is 0.0954. The number of aromatic amines is 1. The van der Waals surface area contributed by atoms with Crippen molar-refractivity contribution >= 4 is 16.8 Å². The molecular formula is C11H8FN3O. The first-order valence-corrected chi connectivity index (χ1v) is 4.65. The zero-order valence-corrected chi connectivity index (χ0v) is 8.25. The van der Waals surface area contributed by atoms with Crippen molar-refractivity contribution in [2.45, 2.75) is 0 Å². The van der Waals surface area contributed by atoms with Crippen molar-refractivity contribution in [1.29, 1.82) is 5.26 Å². The summed E-state index contributed by atoms with van der Waals surface area (Å²) in [5, 5.41) is 11.1. The fourth-order valence-electron chi connectivity index (χ4n) is 1.46. The van der Waals surface area contributed by atoms with Crippen LogP contribution in [-0.4, -0.2) is 17.4 Å². The molecule has 0 saturated heterocycles. The topological polar surface area (TPSA) is 68.7 Å². The number of nitrogens with one attached hydrogen (secondary N) is 2. The minimum Gasteiger partial charge on any atom is -0.350 e. The molecule has 1 amide bonds. The maximum absolute atomic E-state index is 13.3. The molecule has 1 aromatic carbocycles. The molecule has 2 rings (SSSR count). The van der Waals surface area contributed by atoms with E-state index in [4.69, 9.17) is 5.26 Å². The molecule has 80 valence electrons. The van der Waals surface area contributed by atoms with E-state index in [1.807, 2.05) is 0 Å². The summed E-state index contributed by atoms with van der Waals surface area (Å²) in [5.74, 6) is -0.801. The number of benzene rings is 1. The third-order valence-electron chi connectivity index (χ3n) is 2.18. The summed E-state index contributed by atoms with van der Waals surface area (Å²) in [4.78, 5) is 14.3. The van der Waals surface area contributed by atoms with Gasteiger partial charge in [-0.3, -0.25) is 4.79 Å². The van der Waals surface area contributed by atoms with Crippen LogP contribution in [0.15, 0.2) is 24.3 Å². The summed E-state index contributed by atoms with van der Waals surface area (Å²) >= 11 is 0. The summed E-state index contributed by atoms with van der Waals surface area (Å²) < 4.78 is 13.3. The monoisotopic (exact) mass is 217 g/mol. The summed E-state index contributed by atoms with van der Waals surface area (Å²) in [5.41, 5.74) is 0.803. The van der Waals surface area contributed by atoms with Gasteiger partial charge in [0, 0.05) is 10.9 Å². The minimum atomic E-state index is -0.419. The molecule has 0 aliphatic heterocycles. The van der Waals surface area contributed by atoms with Gasteiger partial charge in [-0.25, -0.2) is 4.39 Å². The average molecular weight is 217 g/mol. The normalized spacial score (nSPS) is 10.0. The molecule has 1 aromatic heterocycles. The first-order chi connectivity index (χ1) is 7.72. The second-order valence-corrected chi connectivity index (χ2v) is 3.22. The number of carbonyl (C=O) groups is 1. The van der Waals surface area contributed by atoms with E-state index in [1.54, 1.807) is 18.2 Å². The van der Waals surface area contributed by atoms with Gasteiger partial charge in [-0.1, -0.05) is 6.07 Å². The second kappa shape index (κ2) is 4.03. The third kappa shape index (κ3) is 1.73. The van der Waals surface area contributed by atoms with Crippen LogP contribution < -0.4 is 5.32 Å². The van der Waals surface area contributed by atoms with E-state index in [2.05, 4.69) is 10.3 Å². The van der Waals surface area contributed by atoms with Gasteiger partial charge in [0.15, 0.2) is 0 Å². The molecule has 0 radical (unpaired) electrons. The SMILES string of the molecule is N#CCNC(=O)c1cc2c(F)cccc2[nH]1. The van der Waals surface area contributed by atoms with Gasteiger partial charge in [0.1, 0.15) is 18.1 Å². The predicted molar refractivity (Wildman–Crippen MR) is 56.2 cm³/mol. The Morgan fingerprint density at radius 1 is 1.56 bits per heavy atom. The molecule has 16 heavy (non-hydrogen) atoms. The Kier molecular flexibility index (Phi) is 2.56. The lowest BCUT2D eigenvalue weighted by atomic mass is 10.2. The Labute approximate surface area is 90.7 Å². The standard InChI is InChI=1S/C11H8FN3O/c12-8-2-1-3-9-7(8)6-10(15-9)11(16)14-5-4-13/h1-3,6,15H,5H2,(H,14,16). The Hall–Kier alpha value is -2.35. The van der Waals surface area contributed by atoms with Gasteiger partial charge in [0.05, 0.1) is 6.07 Å². The second-order valence-electron chi connectivity index (χ2n) is 3.22. The highest BCUT2D eigenvalue weighted by molar-refractivity contribution is 5.98. The zero-order valence-electron chi connectivity index (χ0n) is 8.25. The first kappa shape index (κ1) is 10.2. The number of nitriles is 1. The number of H-pyrrole nitrogens is 1. The van der Waals surface area contributed by atoms with Crippen molar-refractivity contribution in [3.63, 3.8) is 0 Å². The Balaban J connectivity index is 2.37. The van der Waals surface area contributed by atoms with E-state index in [0.29, 0.717) is 10.9 Å². The Bertz CT molecular complexity index is 582. The summed E-state index contributed by atoms with van der Waals surface area (Å²) in [6, 6.07) is 7.79. The van der Waals surface area contributed by atoms with Crippen molar-refractivity contribution in [2.75, 3.05) is 6.54 Å².